The van der Waals surface area contributed by atoms with Gasteiger partial charge in [-0.3, -0.25) is 5.41 Å². The number of aliphatic carboxylic acids is 1. The van der Waals surface area contributed by atoms with E-state index in [4.69, 9.17) is 15.6 Å². The molecule has 7 nitrogen and oxygen atoms in total. The lowest BCUT2D eigenvalue weighted by Gasteiger charge is -2.03. The quantitative estimate of drug-likeness (QED) is 0.273. The van der Waals surface area contributed by atoms with Crippen molar-refractivity contribution in [3.05, 3.63) is 17.7 Å². The molecule has 0 bridgehead atoms. The number of rotatable bonds is 6. The predicted molar refractivity (Wildman–Crippen MR) is 64.0 cm³/mol. The normalized spacial score (nSPS) is 10.2. The standard InChI is InChI=1S/C9H14N4O3S/c10-8(9(15)16)11-1-2-17-4-7-6(3-14)12-5-13-7/h5,14H,1-4H2,(H2,10,11)(H,12,13)(H,15,16). The van der Waals surface area contributed by atoms with Crippen LogP contribution in [0.3, 0.4) is 0 Å². The Hall–Kier alpha value is -1.54. The number of imidazole rings is 1. The van der Waals surface area contributed by atoms with Gasteiger partial charge in [0.05, 0.1) is 24.3 Å². The first kappa shape index (κ1) is 13.5. The molecule has 0 atom stereocenters. The largest absolute Gasteiger partial charge is 0.475 e. The number of aliphatic hydroxyl groups excluding tert-OH is 1. The van der Waals surface area contributed by atoms with Crippen molar-refractivity contribution in [3.63, 3.8) is 0 Å². The smallest absolute Gasteiger partial charge is 0.370 e. The van der Waals surface area contributed by atoms with E-state index in [9.17, 15) is 4.79 Å². The Labute approximate surface area is 102 Å². The van der Waals surface area contributed by atoms with E-state index in [1.165, 1.54) is 6.33 Å². The fourth-order valence-corrected chi connectivity index (χ4v) is 1.94. The Bertz CT molecular complexity index is 393. The van der Waals surface area contributed by atoms with Gasteiger partial charge < -0.3 is 20.5 Å². The molecule has 0 fully saturated rings. The molecule has 0 radical (unpaired) electrons. The second-order valence-corrected chi connectivity index (χ2v) is 4.25. The number of aromatic amines is 1. The molecule has 0 aliphatic heterocycles. The number of carboxylic acids is 1. The molecule has 0 aromatic carbocycles. The van der Waals surface area contributed by atoms with E-state index in [0.717, 1.165) is 5.69 Å². The number of nitrogens with one attached hydrogen (secondary N) is 3. The Balaban J connectivity index is 2.16. The zero-order valence-corrected chi connectivity index (χ0v) is 9.88. The minimum absolute atomic E-state index is 0.0716. The number of nitrogens with zero attached hydrogens (tertiary/aromatic N) is 1. The third kappa shape index (κ3) is 4.45. The van der Waals surface area contributed by atoms with Crippen molar-refractivity contribution in [3.8, 4) is 0 Å². The van der Waals surface area contributed by atoms with Crippen molar-refractivity contribution in [2.24, 2.45) is 0 Å². The van der Waals surface area contributed by atoms with Crippen LogP contribution in [0.15, 0.2) is 6.33 Å². The molecular weight excluding hydrogens is 244 g/mol. The maximum Gasteiger partial charge on any atom is 0.370 e. The monoisotopic (exact) mass is 258 g/mol. The number of aliphatic hydroxyl groups is 1. The van der Waals surface area contributed by atoms with Gasteiger partial charge >= 0.3 is 5.97 Å². The van der Waals surface area contributed by atoms with Gasteiger partial charge in [0.1, 0.15) is 0 Å². The van der Waals surface area contributed by atoms with Gasteiger partial charge in [-0.1, -0.05) is 0 Å². The zero-order chi connectivity index (χ0) is 12.7. The zero-order valence-electron chi connectivity index (χ0n) is 9.06. The maximum absolute atomic E-state index is 10.3. The SMILES string of the molecule is N=C(NCCSCc1nc[nH]c1CO)C(=O)O. The third-order valence-corrected chi connectivity index (χ3v) is 2.94. The number of hydrogen-bond acceptors (Lipinski definition) is 5. The summed E-state index contributed by atoms with van der Waals surface area (Å²) >= 11 is 1.55. The summed E-state index contributed by atoms with van der Waals surface area (Å²) < 4.78 is 0. The van der Waals surface area contributed by atoms with Gasteiger partial charge in [0, 0.05) is 18.1 Å². The van der Waals surface area contributed by atoms with Crippen molar-refractivity contribution in [2.45, 2.75) is 12.4 Å². The number of carbonyl (C=O) groups is 1. The number of aromatic nitrogens is 2. The average molecular weight is 258 g/mol. The predicted octanol–water partition coefficient (Wildman–Crippen LogP) is -0.213. The van der Waals surface area contributed by atoms with Crippen LogP contribution < -0.4 is 5.32 Å². The number of carboxylic acid groups (broad SMARTS) is 1. The molecule has 0 spiro atoms. The minimum Gasteiger partial charge on any atom is -0.475 e. The summed E-state index contributed by atoms with van der Waals surface area (Å²) in [5, 5.41) is 26.9. The van der Waals surface area contributed by atoms with E-state index in [0.29, 0.717) is 23.7 Å². The highest BCUT2D eigenvalue weighted by Gasteiger charge is 2.06. The van der Waals surface area contributed by atoms with Crippen molar-refractivity contribution in [1.82, 2.24) is 15.3 Å². The van der Waals surface area contributed by atoms with Crippen molar-refractivity contribution in [1.29, 1.82) is 5.41 Å². The van der Waals surface area contributed by atoms with Crippen LogP contribution in [0.4, 0.5) is 0 Å². The highest BCUT2D eigenvalue weighted by atomic mass is 32.2. The molecule has 0 aliphatic rings. The van der Waals surface area contributed by atoms with Crippen LogP contribution in [0.2, 0.25) is 0 Å². The van der Waals surface area contributed by atoms with Gasteiger partial charge in [0.25, 0.3) is 0 Å². The number of thioether (sulfide) groups is 1. The summed E-state index contributed by atoms with van der Waals surface area (Å²) in [4.78, 5) is 17.2. The second-order valence-electron chi connectivity index (χ2n) is 3.15. The highest BCUT2D eigenvalue weighted by molar-refractivity contribution is 7.98. The number of hydrogen-bond donors (Lipinski definition) is 5. The average Bonchev–Trinajstić information content (AvgIpc) is 2.75. The van der Waals surface area contributed by atoms with E-state index in [-0.39, 0.29) is 6.61 Å². The van der Waals surface area contributed by atoms with Crippen LogP contribution in [0, 0.1) is 5.41 Å². The van der Waals surface area contributed by atoms with E-state index in [1.54, 1.807) is 11.8 Å². The van der Waals surface area contributed by atoms with Gasteiger partial charge in [-0.15, -0.1) is 0 Å². The van der Waals surface area contributed by atoms with Gasteiger partial charge in [-0.2, -0.15) is 11.8 Å². The first-order valence-electron chi connectivity index (χ1n) is 4.90. The van der Waals surface area contributed by atoms with E-state index >= 15 is 0 Å². The van der Waals surface area contributed by atoms with Crippen LogP contribution in [-0.4, -0.2) is 44.3 Å². The molecule has 5 N–H and O–H groups in total. The van der Waals surface area contributed by atoms with Crippen molar-refractivity contribution >= 4 is 23.6 Å². The molecule has 1 heterocycles. The van der Waals surface area contributed by atoms with Crippen LogP contribution in [0.25, 0.3) is 0 Å². The molecule has 0 unspecified atom stereocenters. The topological polar surface area (TPSA) is 122 Å². The van der Waals surface area contributed by atoms with Crippen molar-refractivity contribution in [2.75, 3.05) is 12.3 Å². The van der Waals surface area contributed by atoms with E-state index in [2.05, 4.69) is 15.3 Å². The fraction of sp³-hybridized carbons (Fsp3) is 0.444. The summed E-state index contributed by atoms with van der Waals surface area (Å²) in [5.41, 5.74) is 1.49. The Morgan fingerprint density at radius 2 is 2.41 bits per heavy atom. The number of amidine groups is 1. The summed E-state index contributed by atoms with van der Waals surface area (Å²) in [6, 6.07) is 0. The van der Waals surface area contributed by atoms with Gasteiger partial charge in [0.15, 0.2) is 0 Å². The molecule has 0 saturated heterocycles. The summed E-state index contributed by atoms with van der Waals surface area (Å²) in [6.07, 6.45) is 1.53. The lowest BCUT2D eigenvalue weighted by Crippen LogP contribution is -2.31. The molecule has 1 aromatic rings. The van der Waals surface area contributed by atoms with Crippen LogP contribution >= 0.6 is 11.8 Å². The first-order valence-corrected chi connectivity index (χ1v) is 6.06. The van der Waals surface area contributed by atoms with Crippen LogP contribution in [0.5, 0.6) is 0 Å². The molecule has 94 valence electrons. The van der Waals surface area contributed by atoms with Gasteiger partial charge in [0.2, 0.25) is 5.84 Å². The minimum atomic E-state index is -1.26. The Morgan fingerprint density at radius 3 is 3.06 bits per heavy atom. The van der Waals surface area contributed by atoms with Crippen molar-refractivity contribution < 1.29 is 15.0 Å². The Kier molecular flexibility index (Phi) is 5.50. The summed E-state index contributed by atoms with van der Waals surface area (Å²) in [7, 11) is 0. The first-order chi connectivity index (χ1) is 8.15. The number of H-pyrrole nitrogens is 1. The molecule has 1 aromatic heterocycles. The third-order valence-electron chi connectivity index (χ3n) is 1.97. The molecule has 0 saturated carbocycles. The highest BCUT2D eigenvalue weighted by Crippen LogP contribution is 2.12. The molecule has 0 amide bonds. The summed E-state index contributed by atoms with van der Waals surface area (Å²) in [6.45, 7) is 0.340. The molecule has 17 heavy (non-hydrogen) atoms. The Morgan fingerprint density at radius 1 is 1.65 bits per heavy atom. The van der Waals surface area contributed by atoms with Crippen LogP contribution in [-0.2, 0) is 17.2 Å². The summed E-state index contributed by atoms with van der Waals surface area (Å²) in [5.74, 6) is -0.458. The fourth-order valence-electron chi connectivity index (χ4n) is 1.10. The lowest BCUT2D eigenvalue weighted by atomic mass is 10.4. The van der Waals surface area contributed by atoms with E-state index < -0.39 is 11.8 Å². The molecule has 1 rings (SSSR count). The second kappa shape index (κ2) is 6.92. The molecule has 8 heteroatoms. The lowest BCUT2D eigenvalue weighted by molar-refractivity contribution is -0.129. The van der Waals surface area contributed by atoms with Crippen LogP contribution in [0.1, 0.15) is 11.4 Å². The molecular formula is C9H14N4O3S. The molecule has 0 aliphatic carbocycles. The van der Waals surface area contributed by atoms with Gasteiger partial charge in [-0.25, -0.2) is 9.78 Å². The maximum atomic E-state index is 10.3. The van der Waals surface area contributed by atoms with Gasteiger partial charge in [-0.05, 0) is 0 Å². The van der Waals surface area contributed by atoms with E-state index in [1.807, 2.05) is 0 Å².